The van der Waals surface area contributed by atoms with E-state index in [2.05, 4.69) is 0 Å². The Kier molecular flexibility index (Phi) is 3.11. The lowest BCUT2D eigenvalue weighted by Gasteiger charge is -2.38. The van der Waals surface area contributed by atoms with Crippen molar-refractivity contribution in [3.63, 3.8) is 0 Å². The third kappa shape index (κ3) is 2.10. The zero-order valence-corrected chi connectivity index (χ0v) is 7.95. The minimum absolute atomic E-state index is 0.469. The summed E-state index contributed by atoms with van der Waals surface area (Å²) in [6, 6.07) is 0. The maximum atomic E-state index is 10.6. The number of amides is 1. The Morgan fingerprint density at radius 1 is 1.31 bits per heavy atom. The predicted octanol–water partition coefficient (Wildman–Crippen LogP) is 0.749. The fourth-order valence-electron chi connectivity index (χ4n) is 1.53. The Labute approximate surface area is 77.2 Å². The van der Waals surface area contributed by atoms with Gasteiger partial charge in [0, 0.05) is 40.2 Å². The highest BCUT2D eigenvalue weighted by Crippen LogP contribution is 2.26. The first-order valence-corrected chi connectivity index (χ1v) is 4.22. The van der Waals surface area contributed by atoms with Crippen LogP contribution >= 0.6 is 0 Å². The van der Waals surface area contributed by atoms with E-state index in [1.54, 1.807) is 14.2 Å². The molecule has 0 bridgehead atoms. The van der Waals surface area contributed by atoms with Crippen molar-refractivity contribution >= 4 is 6.09 Å². The maximum absolute atomic E-state index is 10.6. The predicted molar refractivity (Wildman–Crippen MR) is 45.6 cm³/mol. The van der Waals surface area contributed by atoms with Gasteiger partial charge in [0.15, 0.2) is 5.79 Å². The molecule has 13 heavy (non-hydrogen) atoms. The van der Waals surface area contributed by atoms with Crippen molar-refractivity contribution in [2.45, 2.75) is 18.6 Å². The van der Waals surface area contributed by atoms with Crippen molar-refractivity contribution < 1.29 is 19.4 Å². The number of rotatable bonds is 2. The molecule has 0 aliphatic carbocycles. The lowest BCUT2D eigenvalue weighted by Crippen LogP contribution is -2.48. The topological polar surface area (TPSA) is 59.0 Å². The fourth-order valence-corrected chi connectivity index (χ4v) is 1.53. The van der Waals surface area contributed by atoms with Gasteiger partial charge in [-0.3, -0.25) is 0 Å². The molecule has 1 amide bonds. The molecule has 5 nitrogen and oxygen atoms in total. The molecule has 0 unspecified atom stereocenters. The molecule has 5 heteroatoms. The molecule has 1 N–H and O–H groups in total. The molecule has 1 aliphatic heterocycles. The van der Waals surface area contributed by atoms with Crippen LogP contribution in [0.3, 0.4) is 0 Å². The molecule has 0 saturated carbocycles. The van der Waals surface area contributed by atoms with Crippen LogP contribution in [0.4, 0.5) is 4.79 Å². The second-order valence-corrected chi connectivity index (χ2v) is 3.09. The number of carboxylic acid groups (broad SMARTS) is 1. The molecular weight excluding hydrogens is 174 g/mol. The average Bonchev–Trinajstić information content (AvgIpc) is 2.18. The minimum atomic E-state index is -0.874. The second kappa shape index (κ2) is 3.93. The van der Waals surface area contributed by atoms with Crippen LogP contribution < -0.4 is 0 Å². The van der Waals surface area contributed by atoms with Crippen molar-refractivity contribution in [1.82, 2.24) is 4.90 Å². The molecular formula is C8H15NO4. The summed E-state index contributed by atoms with van der Waals surface area (Å²) in [5.74, 6) is -0.577. The van der Waals surface area contributed by atoms with E-state index in [-0.39, 0.29) is 0 Å². The van der Waals surface area contributed by atoms with Crippen LogP contribution in [0, 0.1) is 0 Å². The van der Waals surface area contributed by atoms with Crippen LogP contribution in [0.15, 0.2) is 0 Å². The van der Waals surface area contributed by atoms with Crippen molar-refractivity contribution in [1.29, 1.82) is 0 Å². The molecule has 1 saturated heterocycles. The van der Waals surface area contributed by atoms with E-state index >= 15 is 0 Å². The number of ether oxygens (including phenoxy) is 2. The van der Waals surface area contributed by atoms with Gasteiger partial charge in [0.05, 0.1) is 0 Å². The third-order valence-corrected chi connectivity index (χ3v) is 2.54. The molecule has 1 fully saturated rings. The largest absolute Gasteiger partial charge is 0.465 e. The molecule has 0 aromatic carbocycles. The van der Waals surface area contributed by atoms with Gasteiger partial charge < -0.3 is 19.5 Å². The fraction of sp³-hybridized carbons (Fsp3) is 0.875. The van der Waals surface area contributed by atoms with Crippen molar-refractivity contribution in [2.75, 3.05) is 27.3 Å². The highest BCUT2D eigenvalue weighted by molar-refractivity contribution is 5.65. The molecule has 0 atom stereocenters. The summed E-state index contributed by atoms with van der Waals surface area (Å²) >= 11 is 0. The van der Waals surface area contributed by atoms with E-state index < -0.39 is 11.9 Å². The van der Waals surface area contributed by atoms with Gasteiger partial charge in [0.25, 0.3) is 0 Å². The van der Waals surface area contributed by atoms with Crippen LogP contribution in [0.2, 0.25) is 0 Å². The summed E-state index contributed by atoms with van der Waals surface area (Å²) in [7, 11) is 3.17. The van der Waals surface area contributed by atoms with Gasteiger partial charge in [-0.1, -0.05) is 0 Å². The van der Waals surface area contributed by atoms with Crippen molar-refractivity contribution in [3.8, 4) is 0 Å². The van der Waals surface area contributed by atoms with Gasteiger partial charge in [-0.15, -0.1) is 0 Å². The first-order valence-electron chi connectivity index (χ1n) is 4.22. The van der Waals surface area contributed by atoms with Crippen LogP contribution in [0.5, 0.6) is 0 Å². The summed E-state index contributed by atoms with van der Waals surface area (Å²) in [6.07, 6.45) is 0.305. The van der Waals surface area contributed by atoms with E-state index in [9.17, 15) is 4.79 Å². The van der Waals surface area contributed by atoms with Crippen molar-refractivity contribution in [3.05, 3.63) is 0 Å². The molecule has 1 rings (SSSR count). The van der Waals surface area contributed by atoms with Crippen LogP contribution in [0.1, 0.15) is 12.8 Å². The van der Waals surface area contributed by atoms with Crippen LogP contribution in [-0.4, -0.2) is 49.2 Å². The number of piperidine rings is 1. The van der Waals surface area contributed by atoms with Gasteiger partial charge in [-0.05, 0) is 0 Å². The number of carbonyl (C=O) groups is 1. The zero-order chi connectivity index (χ0) is 9.90. The van der Waals surface area contributed by atoms with Gasteiger partial charge in [-0.2, -0.15) is 0 Å². The Hall–Kier alpha value is -0.810. The van der Waals surface area contributed by atoms with E-state index in [0.29, 0.717) is 25.9 Å². The normalized spacial score (nSPS) is 21.5. The lowest BCUT2D eigenvalue weighted by atomic mass is 10.0. The molecule has 0 spiro atoms. The van der Waals surface area contributed by atoms with Gasteiger partial charge >= 0.3 is 6.09 Å². The minimum Gasteiger partial charge on any atom is -0.465 e. The summed E-state index contributed by atoms with van der Waals surface area (Å²) in [5.41, 5.74) is 0. The van der Waals surface area contributed by atoms with Crippen LogP contribution in [0.25, 0.3) is 0 Å². The second-order valence-electron chi connectivity index (χ2n) is 3.09. The number of methoxy groups -OCH3 is 2. The molecule has 1 aliphatic rings. The molecule has 0 aromatic rings. The maximum Gasteiger partial charge on any atom is 0.407 e. The molecule has 1 heterocycles. The molecule has 0 aromatic heterocycles. The highest BCUT2D eigenvalue weighted by atomic mass is 16.7. The monoisotopic (exact) mass is 189 g/mol. The summed E-state index contributed by atoms with van der Waals surface area (Å²) in [6.45, 7) is 0.939. The molecule has 76 valence electrons. The van der Waals surface area contributed by atoms with Gasteiger partial charge in [0.1, 0.15) is 0 Å². The Bertz CT molecular complexity index is 181. The quantitative estimate of drug-likeness (QED) is 0.651. The number of hydrogen-bond acceptors (Lipinski definition) is 3. The summed E-state index contributed by atoms with van der Waals surface area (Å²) < 4.78 is 10.4. The number of likely N-dealkylation sites (tertiary alicyclic amines) is 1. The smallest absolute Gasteiger partial charge is 0.407 e. The highest BCUT2D eigenvalue weighted by Gasteiger charge is 2.35. The van der Waals surface area contributed by atoms with Crippen molar-refractivity contribution in [2.24, 2.45) is 0 Å². The third-order valence-electron chi connectivity index (χ3n) is 2.54. The number of nitrogens with zero attached hydrogens (tertiary/aromatic N) is 1. The van der Waals surface area contributed by atoms with Gasteiger partial charge in [0.2, 0.25) is 0 Å². The van der Waals surface area contributed by atoms with E-state index in [1.807, 2.05) is 0 Å². The van der Waals surface area contributed by atoms with Crippen LogP contribution in [-0.2, 0) is 9.47 Å². The van der Waals surface area contributed by atoms with E-state index in [1.165, 1.54) is 4.90 Å². The number of hydrogen-bond donors (Lipinski definition) is 1. The van der Waals surface area contributed by atoms with Gasteiger partial charge in [-0.25, -0.2) is 4.79 Å². The summed E-state index contributed by atoms with van der Waals surface area (Å²) in [5, 5.41) is 8.70. The average molecular weight is 189 g/mol. The first kappa shape index (κ1) is 10.3. The Balaban J connectivity index is 2.50. The zero-order valence-electron chi connectivity index (χ0n) is 7.95. The Morgan fingerprint density at radius 2 is 1.77 bits per heavy atom. The van der Waals surface area contributed by atoms with E-state index in [4.69, 9.17) is 14.6 Å². The molecule has 0 radical (unpaired) electrons. The summed E-state index contributed by atoms with van der Waals surface area (Å²) in [4.78, 5) is 12.0. The lowest BCUT2D eigenvalue weighted by molar-refractivity contribution is -0.226. The van der Waals surface area contributed by atoms with E-state index in [0.717, 1.165) is 0 Å². The first-order chi connectivity index (χ1) is 6.13. The SMILES string of the molecule is COC1(OC)CCN(C(=O)O)CC1. The standard InChI is InChI=1S/C8H15NO4/c1-12-8(13-2)3-5-9(6-4-8)7(10)11/h3-6H2,1-2H3,(H,10,11). The Morgan fingerprint density at radius 3 is 2.08 bits per heavy atom.